The van der Waals surface area contributed by atoms with Crippen LogP contribution in [0.15, 0.2) is 42.6 Å². The summed E-state index contributed by atoms with van der Waals surface area (Å²) in [5.74, 6) is 1.25. The van der Waals surface area contributed by atoms with Crippen LogP contribution in [-0.2, 0) is 0 Å². The van der Waals surface area contributed by atoms with Crippen molar-refractivity contribution in [2.24, 2.45) is 0 Å². The van der Waals surface area contributed by atoms with Crippen LogP contribution in [0.1, 0.15) is 19.2 Å². The smallest absolute Gasteiger partial charge is 0.241 e. The summed E-state index contributed by atoms with van der Waals surface area (Å²) in [6, 6.07) is 10.7. The number of rotatable bonds is 7. The van der Waals surface area contributed by atoms with Crippen molar-refractivity contribution in [2.75, 3.05) is 24.6 Å². The Kier molecular flexibility index (Phi) is 5.62. The number of benzene rings is 1. The molecule has 0 fully saturated rings. The predicted molar refractivity (Wildman–Crippen MR) is 112 cm³/mol. The van der Waals surface area contributed by atoms with Gasteiger partial charge in [0, 0.05) is 30.9 Å². The second-order valence-corrected chi connectivity index (χ2v) is 6.82. The van der Waals surface area contributed by atoms with Gasteiger partial charge in [0.2, 0.25) is 17.8 Å². The summed E-state index contributed by atoms with van der Waals surface area (Å²) < 4.78 is 15.6. The third-order valence-electron chi connectivity index (χ3n) is 4.67. The van der Waals surface area contributed by atoms with Crippen LogP contribution in [0, 0.1) is 12.9 Å². The molecule has 1 aromatic carbocycles. The molecular formula is C21H22FN7O. The van der Waals surface area contributed by atoms with Crippen LogP contribution in [0.4, 0.5) is 10.3 Å². The Morgan fingerprint density at radius 1 is 1.07 bits per heavy atom. The number of aliphatic hydroxyl groups is 1. The number of pyridine rings is 1. The van der Waals surface area contributed by atoms with Crippen LogP contribution in [0.25, 0.3) is 28.4 Å². The van der Waals surface area contributed by atoms with Crippen molar-refractivity contribution < 1.29 is 9.50 Å². The molecule has 0 saturated carbocycles. The van der Waals surface area contributed by atoms with Crippen LogP contribution in [0.3, 0.4) is 0 Å². The second kappa shape index (κ2) is 8.50. The van der Waals surface area contributed by atoms with Gasteiger partial charge in [-0.3, -0.25) is 4.57 Å². The van der Waals surface area contributed by atoms with E-state index in [0.717, 1.165) is 23.3 Å². The number of aryl methyl sites for hydroxylation is 1. The van der Waals surface area contributed by atoms with Gasteiger partial charge in [-0.15, -0.1) is 0 Å². The minimum atomic E-state index is -0.610. The van der Waals surface area contributed by atoms with Crippen molar-refractivity contribution >= 4 is 17.0 Å². The zero-order valence-corrected chi connectivity index (χ0v) is 16.8. The Labute approximate surface area is 173 Å². The van der Waals surface area contributed by atoms with Gasteiger partial charge in [-0.2, -0.15) is 19.3 Å². The summed E-state index contributed by atoms with van der Waals surface area (Å²) in [5.41, 5.74) is 2.19. The average Bonchev–Trinajstić information content (AvgIpc) is 3.09. The van der Waals surface area contributed by atoms with Gasteiger partial charge in [-0.1, -0.05) is 19.1 Å². The van der Waals surface area contributed by atoms with E-state index in [-0.39, 0.29) is 6.61 Å². The monoisotopic (exact) mass is 407 g/mol. The van der Waals surface area contributed by atoms with E-state index >= 15 is 0 Å². The summed E-state index contributed by atoms with van der Waals surface area (Å²) in [5, 5.41) is 9.50. The molecule has 0 unspecified atom stereocenters. The fraction of sp³-hybridized carbons (Fsp3) is 0.286. The summed E-state index contributed by atoms with van der Waals surface area (Å²) >= 11 is 0. The number of nitrogens with zero attached hydrogens (tertiary/aromatic N) is 7. The number of para-hydroxylation sites is 2. The van der Waals surface area contributed by atoms with E-state index in [4.69, 9.17) is 0 Å². The van der Waals surface area contributed by atoms with Gasteiger partial charge in [0.1, 0.15) is 5.82 Å². The first kappa shape index (κ1) is 19.8. The number of anilines is 1. The van der Waals surface area contributed by atoms with Gasteiger partial charge < -0.3 is 10.0 Å². The van der Waals surface area contributed by atoms with Gasteiger partial charge >= 0.3 is 0 Å². The molecule has 4 aromatic rings. The highest BCUT2D eigenvalue weighted by molar-refractivity contribution is 5.77. The predicted octanol–water partition coefficient (Wildman–Crippen LogP) is 2.93. The minimum absolute atomic E-state index is 0.0345. The van der Waals surface area contributed by atoms with Crippen molar-refractivity contribution in [2.45, 2.75) is 20.3 Å². The van der Waals surface area contributed by atoms with E-state index in [2.05, 4.69) is 24.9 Å². The maximum absolute atomic E-state index is 13.8. The van der Waals surface area contributed by atoms with Crippen molar-refractivity contribution in [1.29, 1.82) is 0 Å². The van der Waals surface area contributed by atoms with E-state index in [1.807, 2.05) is 47.6 Å². The van der Waals surface area contributed by atoms with Gasteiger partial charge in [0.05, 0.1) is 17.6 Å². The standard InChI is InChI=1S/C21H22FN7O/c1-3-10-28(11-12-30)20-25-19(15-8-9-23-18(22)13-15)26-21(27-20)29-14(2)24-16-6-4-5-7-17(16)29/h4-9,13,30H,3,10-12H2,1-2H3. The largest absolute Gasteiger partial charge is 0.395 e. The topological polar surface area (TPSA) is 92.8 Å². The average molecular weight is 407 g/mol. The third kappa shape index (κ3) is 3.84. The Balaban J connectivity index is 1.94. The summed E-state index contributed by atoms with van der Waals surface area (Å²) in [7, 11) is 0. The van der Waals surface area contributed by atoms with Crippen molar-refractivity contribution in [3.05, 3.63) is 54.4 Å². The Hall–Kier alpha value is -3.46. The molecule has 30 heavy (non-hydrogen) atoms. The molecule has 0 aliphatic carbocycles. The van der Waals surface area contributed by atoms with E-state index in [1.54, 1.807) is 6.07 Å². The number of aliphatic hydroxyl groups excluding tert-OH is 1. The first-order valence-corrected chi connectivity index (χ1v) is 9.79. The number of imidazole rings is 1. The number of hydrogen-bond acceptors (Lipinski definition) is 7. The summed E-state index contributed by atoms with van der Waals surface area (Å²) in [6.45, 7) is 4.93. The molecule has 0 amide bonds. The van der Waals surface area contributed by atoms with Crippen LogP contribution < -0.4 is 4.90 Å². The fourth-order valence-corrected chi connectivity index (χ4v) is 3.37. The fourth-order valence-electron chi connectivity index (χ4n) is 3.37. The molecule has 1 N–H and O–H groups in total. The molecule has 0 saturated heterocycles. The number of aromatic nitrogens is 6. The van der Waals surface area contributed by atoms with Crippen molar-refractivity contribution in [1.82, 2.24) is 29.5 Å². The molecule has 0 radical (unpaired) electrons. The van der Waals surface area contributed by atoms with Crippen LogP contribution in [-0.4, -0.2) is 54.3 Å². The van der Waals surface area contributed by atoms with Crippen molar-refractivity contribution in [3.63, 3.8) is 0 Å². The molecule has 4 rings (SSSR count). The molecule has 0 aliphatic rings. The van der Waals surface area contributed by atoms with E-state index in [1.165, 1.54) is 12.3 Å². The van der Waals surface area contributed by atoms with Gasteiger partial charge in [-0.05, 0) is 31.5 Å². The zero-order chi connectivity index (χ0) is 21.1. The van der Waals surface area contributed by atoms with Crippen LogP contribution >= 0.6 is 0 Å². The number of fused-ring (bicyclic) bond motifs is 1. The molecule has 154 valence electrons. The second-order valence-electron chi connectivity index (χ2n) is 6.82. The van der Waals surface area contributed by atoms with E-state index in [9.17, 15) is 9.50 Å². The van der Waals surface area contributed by atoms with E-state index < -0.39 is 5.95 Å². The Morgan fingerprint density at radius 3 is 2.67 bits per heavy atom. The maximum Gasteiger partial charge on any atom is 0.241 e. The normalized spacial score (nSPS) is 11.2. The minimum Gasteiger partial charge on any atom is -0.395 e. The molecule has 3 aromatic heterocycles. The van der Waals surface area contributed by atoms with Gasteiger partial charge in [-0.25, -0.2) is 9.97 Å². The lowest BCUT2D eigenvalue weighted by Gasteiger charge is -2.22. The lowest BCUT2D eigenvalue weighted by atomic mass is 10.2. The molecule has 0 aliphatic heterocycles. The highest BCUT2D eigenvalue weighted by atomic mass is 19.1. The summed E-state index contributed by atoms with van der Waals surface area (Å²) in [6.07, 6.45) is 2.23. The molecule has 3 heterocycles. The zero-order valence-electron chi connectivity index (χ0n) is 16.8. The van der Waals surface area contributed by atoms with Crippen molar-refractivity contribution in [3.8, 4) is 17.3 Å². The molecular weight excluding hydrogens is 385 g/mol. The van der Waals surface area contributed by atoms with Gasteiger partial charge in [0.25, 0.3) is 0 Å². The maximum atomic E-state index is 13.8. The quantitative estimate of drug-likeness (QED) is 0.471. The summed E-state index contributed by atoms with van der Waals surface area (Å²) in [4.78, 5) is 24.0. The molecule has 0 spiro atoms. The molecule has 0 atom stereocenters. The Morgan fingerprint density at radius 2 is 1.90 bits per heavy atom. The molecule has 9 heteroatoms. The SMILES string of the molecule is CCCN(CCO)c1nc(-c2ccnc(F)c2)nc(-n2c(C)nc3ccccc32)n1. The van der Waals surface area contributed by atoms with Crippen LogP contribution in [0.5, 0.6) is 0 Å². The van der Waals surface area contributed by atoms with Gasteiger partial charge in [0.15, 0.2) is 5.82 Å². The highest BCUT2D eigenvalue weighted by Gasteiger charge is 2.18. The number of halogens is 1. The third-order valence-corrected chi connectivity index (χ3v) is 4.67. The van der Waals surface area contributed by atoms with E-state index in [0.29, 0.717) is 36.4 Å². The lowest BCUT2D eigenvalue weighted by molar-refractivity contribution is 0.301. The first-order chi connectivity index (χ1) is 14.6. The molecule has 8 nitrogen and oxygen atoms in total. The first-order valence-electron chi connectivity index (χ1n) is 9.79. The lowest BCUT2D eigenvalue weighted by Crippen LogP contribution is -2.30. The number of hydrogen-bond donors (Lipinski definition) is 1. The Bertz CT molecular complexity index is 1170. The molecule has 0 bridgehead atoms. The van der Waals surface area contributed by atoms with Crippen LogP contribution in [0.2, 0.25) is 0 Å². The highest BCUT2D eigenvalue weighted by Crippen LogP contribution is 2.23.